The van der Waals surface area contributed by atoms with Crippen LogP contribution < -0.4 is 0 Å². The SMILES string of the molecule is CCCCCCC(O)/C(Br)=C\S(=O)(=O)c1ccccc1. The van der Waals surface area contributed by atoms with Crippen LogP contribution >= 0.6 is 15.9 Å². The molecule has 1 rings (SSSR count). The molecule has 3 nitrogen and oxygen atoms in total. The minimum atomic E-state index is -3.51. The van der Waals surface area contributed by atoms with E-state index in [9.17, 15) is 13.5 Å². The van der Waals surface area contributed by atoms with Gasteiger partial charge in [-0.1, -0.05) is 66.7 Å². The summed E-state index contributed by atoms with van der Waals surface area (Å²) >= 11 is 3.18. The smallest absolute Gasteiger partial charge is 0.200 e. The van der Waals surface area contributed by atoms with Crippen LogP contribution in [0.5, 0.6) is 0 Å². The molecule has 1 N–H and O–H groups in total. The fourth-order valence-electron chi connectivity index (χ4n) is 1.81. The van der Waals surface area contributed by atoms with Crippen LogP contribution in [0.25, 0.3) is 0 Å². The van der Waals surface area contributed by atoms with Crippen molar-refractivity contribution < 1.29 is 13.5 Å². The Balaban J connectivity index is 2.68. The second-order valence-corrected chi connectivity index (χ2v) is 7.44. The third kappa shape index (κ3) is 5.77. The van der Waals surface area contributed by atoms with Crippen molar-refractivity contribution in [2.45, 2.75) is 50.0 Å². The average molecular weight is 361 g/mol. The Hall–Kier alpha value is -0.650. The van der Waals surface area contributed by atoms with E-state index in [0.717, 1.165) is 31.1 Å². The van der Waals surface area contributed by atoms with Crippen LogP contribution in [-0.4, -0.2) is 19.6 Å². The topological polar surface area (TPSA) is 54.4 Å². The Labute approximate surface area is 129 Å². The molecule has 5 heteroatoms. The summed E-state index contributed by atoms with van der Waals surface area (Å²) in [7, 11) is -3.51. The highest BCUT2D eigenvalue weighted by Gasteiger charge is 2.15. The number of rotatable bonds is 8. The maximum Gasteiger partial charge on any atom is 0.200 e. The number of aliphatic hydroxyl groups excluding tert-OH is 1. The van der Waals surface area contributed by atoms with Crippen molar-refractivity contribution in [1.29, 1.82) is 0 Å². The van der Waals surface area contributed by atoms with E-state index in [2.05, 4.69) is 22.9 Å². The van der Waals surface area contributed by atoms with Crippen molar-refractivity contribution in [2.75, 3.05) is 0 Å². The highest BCUT2D eigenvalue weighted by atomic mass is 79.9. The molecule has 1 unspecified atom stereocenters. The van der Waals surface area contributed by atoms with E-state index in [1.807, 2.05) is 0 Å². The summed E-state index contributed by atoms with van der Waals surface area (Å²) < 4.78 is 24.5. The molecule has 0 radical (unpaired) electrons. The lowest BCUT2D eigenvalue weighted by atomic mass is 10.1. The quantitative estimate of drug-likeness (QED) is 0.712. The summed E-state index contributed by atoms with van der Waals surface area (Å²) in [6, 6.07) is 8.20. The van der Waals surface area contributed by atoms with Gasteiger partial charge in [0.15, 0.2) is 0 Å². The maximum absolute atomic E-state index is 12.1. The van der Waals surface area contributed by atoms with E-state index in [1.54, 1.807) is 30.3 Å². The fraction of sp³-hybridized carbons (Fsp3) is 0.467. The summed E-state index contributed by atoms with van der Waals surface area (Å²) in [4.78, 5) is 0.232. The van der Waals surface area contributed by atoms with E-state index in [-0.39, 0.29) is 4.90 Å². The van der Waals surface area contributed by atoms with Gasteiger partial charge in [-0.05, 0) is 18.6 Å². The normalized spacial score (nSPS) is 14.2. The van der Waals surface area contributed by atoms with Gasteiger partial charge in [0.25, 0.3) is 0 Å². The molecule has 20 heavy (non-hydrogen) atoms. The monoisotopic (exact) mass is 360 g/mol. The van der Waals surface area contributed by atoms with Gasteiger partial charge < -0.3 is 5.11 Å². The third-order valence-corrected chi connectivity index (χ3v) is 5.54. The van der Waals surface area contributed by atoms with Crippen molar-refractivity contribution in [2.24, 2.45) is 0 Å². The third-order valence-electron chi connectivity index (χ3n) is 2.99. The molecule has 1 atom stereocenters. The Morgan fingerprint density at radius 2 is 1.90 bits per heavy atom. The molecule has 0 saturated heterocycles. The van der Waals surface area contributed by atoms with Gasteiger partial charge in [0, 0.05) is 9.89 Å². The number of benzene rings is 1. The molecule has 0 saturated carbocycles. The minimum absolute atomic E-state index is 0.232. The first-order valence-corrected chi connectivity index (χ1v) is 9.16. The van der Waals surface area contributed by atoms with Gasteiger partial charge >= 0.3 is 0 Å². The van der Waals surface area contributed by atoms with Crippen molar-refractivity contribution in [1.82, 2.24) is 0 Å². The van der Waals surface area contributed by atoms with Crippen LogP contribution in [0, 0.1) is 0 Å². The highest BCUT2D eigenvalue weighted by Crippen LogP contribution is 2.21. The van der Waals surface area contributed by atoms with E-state index < -0.39 is 15.9 Å². The van der Waals surface area contributed by atoms with Crippen LogP contribution in [0.15, 0.2) is 45.1 Å². The van der Waals surface area contributed by atoms with Crippen molar-refractivity contribution in [3.63, 3.8) is 0 Å². The van der Waals surface area contributed by atoms with Crippen molar-refractivity contribution in [3.05, 3.63) is 40.2 Å². The first-order valence-electron chi connectivity index (χ1n) is 6.82. The molecule has 1 aromatic carbocycles. The van der Waals surface area contributed by atoms with Gasteiger partial charge in [0.1, 0.15) is 0 Å². The molecule has 0 aromatic heterocycles. The summed E-state index contributed by atoms with van der Waals surface area (Å²) in [5, 5.41) is 11.1. The lowest BCUT2D eigenvalue weighted by Crippen LogP contribution is -2.08. The molecule has 0 fully saturated rings. The molecular formula is C15H21BrO3S. The average Bonchev–Trinajstić information content (AvgIpc) is 2.44. The Morgan fingerprint density at radius 1 is 1.25 bits per heavy atom. The number of sulfone groups is 1. The lowest BCUT2D eigenvalue weighted by molar-refractivity contribution is 0.205. The van der Waals surface area contributed by atoms with Gasteiger partial charge in [0.2, 0.25) is 9.84 Å². The van der Waals surface area contributed by atoms with Crippen LogP contribution in [0.2, 0.25) is 0 Å². The molecular weight excluding hydrogens is 340 g/mol. The zero-order valence-electron chi connectivity index (χ0n) is 11.6. The molecule has 0 spiro atoms. The summed E-state index contributed by atoms with van der Waals surface area (Å²) in [5.41, 5.74) is 0. The molecule has 0 aliphatic heterocycles. The van der Waals surface area contributed by atoms with Crippen molar-refractivity contribution in [3.8, 4) is 0 Å². The van der Waals surface area contributed by atoms with E-state index in [0.29, 0.717) is 10.9 Å². The second-order valence-electron chi connectivity index (χ2n) is 4.73. The molecule has 0 aliphatic carbocycles. The predicted molar refractivity (Wildman–Crippen MR) is 85.4 cm³/mol. The summed E-state index contributed by atoms with van der Waals surface area (Å²) in [6.07, 6.45) is 4.03. The van der Waals surface area contributed by atoms with E-state index in [4.69, 9.17) is 0 Å². The number of halogens is 1. The van der Waals surface area contributed by atoms with Crippen LogP contribution in [0.4, 0.5) is 0 Å². The van der Waals surface area contributed by atoms with E-state index in [1.165, 1.54) is 0 Å². The number of hydrogen-bond donors (Lipinski definition) is 1. The van der Waals surface area contributed by atoms with Crippen LogP contribution in [0.1, 0.15) is 39.0 Å². The molecule has 1 aromatic rings. The first-order chi connectivity index (χ1) is 9.47. The maximum atomic E-state index is 12.1. The number of unbranched alkanes of at least 4 members (excludes halogenated alkanes) is 3. The molecule has 0 aliphatic rings. The Kier molecular flexibility index (Phi) is 7.48. The van der Waals surface area contributed by atoms with Gasteiger partial charge in [-0.25, -0.2) is 8.42 Å². The van der Waals surface area contributed by atoms with Gasteiger partial charge in [0.05, 0.1) is 11.0 Å². The zero-order valence-corrected chi connectivity index (χ0v) is 14.0. The van der Waals surface area contributed by atoms with Gasteiger partial charge in [-0.15, -0.1) is 0 Å². The molecule has 0 heterocycles. The standard InChI is InChI=1S/C15H21BrO3S/c1-2-3-4-8-11-15(17)14(16)12-20(18,19)13-9-6-5-7-10-13/h5-7,9-10,12,15,17H,2-4,8,11H2,1H3/b14-12+. The number of aliphatic hydroxyl groups is 1. The largest absolute Gasteiger partial charge is 0.388 e. The van der Waals surface area contributed by atoms with E-state index >= 15 is 0 Å². The predicted octanol–water partition coefficient (Wildman–Crippen LogP) is 4.03. The van der Waals surface area contributed by atoms with Crippen molar-refractivity contribution >= 4 is 25.8 Å². The van der Waals surface area contributed by atoms with Crippen LogP contribution in [0.3, 0.4) is 0 Å². The molecule has 0 amide bonds. The molecule has 112 valence electrons. The number of hydrogen-bond acceptors (Lipinski definition) is 3. The minimum Gasteiger partial charge on any atom is -0.388 e. The summed E-state index contributed by atoms with van der Waals surface area (Å²) in [5.74, 6) is 0. The summed E-state index contributed by atoms with van der Waals surface area (Å²) in [6.45, 7) is 2.12. The second kappa shape index (κ2) is 8.60. The Bertz CT molecular complexity index is 523. The van der Waals surface area contributed by atoms with Crippen LogP contribution in [-0.2, 0) is 9.84 Å². The first kappa shape index (κ1) is 17.4. The van der Waals surface area contributed by atoms with Gasteiger partial charge in [-0.2, -0.15) is 0 Å². The van der Waals surface area contributed by atoms with Gasteiger partial charge in [-0.3, -0.25) is 0 Å². The lowest BCUT2D eigenvalue weighted by Gasteiger charge is -2.10. The Morgan fingerprint density at radius 3 is 2.50 bits per heavy atom. The molecule has 0 bridgehead atoms. The highest BCUT2D eigenvalue weighted by molar-refractivity contribution is 9.11. The fourth-order valence-corrected chi connectivity index (χ4v) is 3.90. The zero-order chi connectivity index (χ0) is 15.0.